The molecule has 0 saturated carbocycles. The number of carbonyl (C=O) groups is 1. The van der Waals surface area contributed by atoms with Crippen LogP contribution in [0.2, 0.25) is 0 Å². The van der Waals surface area contributed by atoms with Crippen LogP contribution in [0.3, 0.4) is 0 Å². The van der Waals surface area contributed by atoms with E-state index in [1.165, 1.54) is 14.2 Å². The Labute approximate surface area is 157 Å². The van der Waals surface area contributed by atoms with Gasteiger partial charge in [-0.25, -0.2) is 0 Å². The third-order valence-electron chi connectivity index (χ3n) is 4.94. The first-order valence-electron chi connectivity index (χ1n) is 8.02. The van der Waals surface area contributed by atoms with Gasteiger partial charge >= 0.3 is 13.1 Å². The van der Waals surface area contributed by atoms with Crippen LogP contribution in [0.4, 0.5) is 0 Å². The van der Waals surface area contributed by atoms with Crippen LogP contribution in [0.15, 0.2) is 16.6 Å². The van der Waals surface area contributed by atoms with Gasteiger partial charge in [0.1, 0.15) is 0 Å². The number of rotatable bonds is 5. The van der Waals surface area contributed by atoms with Crippen molar-refractivity contribution in [3.05, 3.63) is 22.2 Å². The van der Waals surface area contributed by atoms with Crippen molar-refractivity contribution >= 4 is 29.0 Å². The van der Waals surface area contributed by atoms with Gasteiger partial charge in [0.15, 0.2) is 11.5 Å². The number of phenols is 1. The number of methoxy groups -OCH3 is 2. The molecule has 1 atom stereocenters. The number of hydrogen-bond donors (Lipinski definition) is 1. The van der Waals surface area contributed by atoms with Gasteiger partial charge in [-0.15, -0.1) is 0 Å². The van der Waals surface area contributed by atoms with Crippen molar-refractivity contribution in [2.24, 2.45) is 0 Å². The zero-order valence-corrected chi connectivity index (χ0v) is 17.0. The van der Waals surface area contributed by atoms with E-state index in [0.29, 0.717) is 15.8 Å². The average Bonchev–Trinajstić information content (AvgIpc) is 2.75. The number of hydrogen-bond acceptors (Lipinski definition) is 6. The summed E-state index contributed by atoms with van der Waals surface area (Å²) in [5, 5.41) is 10.3. The van der Waals surface area contributed by atoms with Gasteiger partial charge in [-0.3, -0.25) is 4.79 Å². The molecule has 1 unspecified atom stereocenters. The van der Waals surface area contributed by atoms with Crippen LogP contribution in [-0.2, 0) is 18.8 Å². The fraction of sp³-hybridized carbons (Fsp3) is 0.588. The van der Waals surface area contributed by atoms with E-state index < -0.39 is 24.1 Å². The fourth-order valence-corrected chi connectivity index (χ4v) is 3.30. The molecule has 0 aliphatic carbocycles. The fourth-order valence-electron chi connectivity index (χ4n) is 2.68. The minimum atomic E-state index is -0.659. The highest BCUT2D eigenvalue weighted by Gasteiger charge is 2.54. The standard InChI is InChI=1S/C17H24BBrO6/c1-16(2)17(3,4)25-18(24-16)11(9-13(20)23-6)10-7-8-12(22-5)15(21)14(10)19/h7-8,11,21H,9H2,1-6H3. The second-order valence-electron chi connectivity index (χ2n) is 7.03. The first kappa shape index (κ1) is 20.1. The molecule has 1 saturated heterocycles. The summed E-state index contributed by atoms with van der Waals surface area (Å²) in [7, 11) is 2.15. The minimum Gasteiger partial charge on any atom is -0.503 e. The Bertz CT molecular complexity index is 645. The van der Waals surface area contributed by atoms with Gasteiger partial charge < -0.3 is 23.9 Å². The molecule has 0 amide bonds. The normalized spacial score (nSPS) is 19.6. The quantitative estimate of drug-likeness (QED) is 0.587. The zero-order chi connectivity index (χ0) is 19.0. The first-order chi connectivity index (χ1) is 11.5. The summed E-state index contributed by atoms with van der Waals surface area (Å²) in [5.74, 6) is -0.547. The second-order valence-corrected chi connectivity index (χ2v) is 7.82. The Morgan fingerprint density at radius 1 is 1.24 bits per heavy atom. The maximum absolute atomic E-state index is 12.0. The van der Waals surface area contributed by atoms with Crippen molar-refractivity contribution in [2.45, 2.75) is 51.1 Å². The van der Waals surface area contributed by atoms with E-state index >= 15 is 0 Å². The van der Waals surface area contributed by atoms with E-state index in [0.717, 1.165) is 0 Å². The molecule has 0 bridgehead atoms. The van der Waals surface area contributed by atoms with Gasteiger partial charge in [-0.2, -0.15) is 0 Å². The molecule has 2 rings (SSSR count). The molecule has 138 valence electrons. The highest BCUT2D eigenvalue weighted by molar-refractivity contribution is 9.10. The number of benzene rings is 1. The lowest BCUT2D eigenvalue weighted by atomic mass is 9.66. The second kappa shape index (κ2) is 7.17. The predicted octanol–water partition coefficient (Wildman–Crippen LogP) is 3.44. The zero-order valence-electron chi connectivity index (χ0n) is 15.4. The number of carbonyl (C=O) groups excluding carboxylic acids is 1. The summed E-state index contributed by atoms with van der Waals surface area (Å²) in [4.78, 5) is 12.0. The lowest BCUT2D eigenvalue weighted by Gasteiger charge is -2.32. The molecular weight excluding hydrogens is 391 g/mol. The summed E-state index contributed by atoms with van der Waals surface area (Å²) < 4.78 is 22.6. The minimum absolute atomic E-state index is 0.0358. The Hall–Kier alpha value is -1.25. The molecule has 1 N–H and O–H groups in total. The van der Waals surface area contributed by atoms with Crippen molar-refractivity contribution < 1.29 is 28.7 Å². The van der Waals surface area contributed by atoms with Crippen molar-refractivity contribution in [3.63, 3.8) is 0 Å². The third kappa shape index (κ3) is 3.81. The SMILES string of the molecule is COC(=O)CC(B1OC(C)(C)C(C)(C)O1)c1ccc(OC)c(O)c1Br. The molecule has 1 fully saturated rings. The monoisotopic (exact) mass is 414 g/mol. The van der Waals surface area contributed by atoms with E-state index in [4.69, 9.17) is 18.8 Å². The van der Waals surface area contributed by atoms with Crippen LogP contribution < -0.4 is 4.74 Å². The summed E-state index contributed by atoms with van der Waals surface area (Å²) in [5.41, 5.74) is -0.387. The van der Waals surface area contributed by atoms with Crippen LogP contribution in [0, 0.1) is 0 Å². The van der Waals surface area contributed by atoms with E-state index in [2.05, 4.69) is 15.9 Å². The van der Waals surface area contributed by atoms with Crippen molar-refractivity contribution in [3.8, 4) is 11.5 Å². The molecule has 8 heteroatoms. The third-order valence-corrected chi connectivity index (χ3v) is 5.78. The number of ether oxygens (including phenoxy) is 2. The smallest absolute Gasteiger partial charge is 0.466 e. The van der Waals surface area contributed by atoms with Gasteiger partial charge in [0, 0.05) is 5.82 Å². The van der Waals surface area contributed by atoms with Crippen molar-refractivity contribution in [1.82, 2.24) is 0 Å². The molecule has 0 radical (unpaired) electrons. The first-order valence-corrected chi connectivity index (χ1v) is 8.81. The summed E-state index contributed by atoms with van der Waals surface area (Å²) in [6.07, 6.45) is 0.0533. The topological polar surface area (TPSA) is 74.2 Å². The lowest BCUT2D eigenvalue weighted by molar-refractivity contribution is -0.140. The highest BCUT2D eigenvalue weighted by Crippen LogP contribution is 2.46. The predicted molar refractivity (Wildman–Crippen MR) is 97.8 cm³/mol. The van der Waals surface area contributed by atoms with E-state index in [1.54, 1.807) is 12.1 Å². The summed E-state index contributed by atoms with van der Waals surface area (Å²) >= 11 is 3.40. The molecule has 1 aromatic rings. The van der Waals surface area contributed by atoms with E-state index in [9.17, 15) is 9.90 Å². The highest BCUT2D eigenvalue weighted by atomic mass is 79.9. The molecule has 6 nitrogen and oxygen atoms in total. The molecule has 0 spiro atoms. The van der Waals surface area contributed by atoms with Crippen LogP contribution in [0.25, 0.3) is 0 Å². The van der Waals surface area contributed by atoms with Gasteiger partial charge in [0.2, 0.25) is 0 Å². The van der Waals surface area contributed by atoms with Crippen LogP contribution >= 0.6 is 15.9 Å². The maximum Gasteiger partial charge on any atom is 0.466 e. The van der Waals surface area contributed by atoms with Crippen molar-refractivity contribution in [2.75, 3.05) is 14.2 Å². The molecule has 0 aromatic heterocycles. The van der Waals surface area contributed by atoms with Crippen LogP contribution in [0.5, 0.6) is 11.5 Å². The van der Waals surface area contributed by atoms with Gasteiger partial charge in [0.25, 0.3) is 0 Å². The molecule has 1 aromatic carbocycles. The Kier molecular flexibility index (Phi) is 5.76. The molecule has 1 heterocycles. The average molecular weight is 415 g/mol. The molecular formula is C17H24BBrO6. The number of phenolic OH excluding ortho intramolecular Hbond substituents is 1. The van der Waals surface area contributed by atoms with Crippen molar-refractivity contribution in [1.29, 1.82) is 0 Å². The van der Waals surface area contributed by atoms with Gasteiger partial charge in [-0.05, 0) is 55.3 Å². The van der Waals surface area contributed by atoms with Crippen LogP contribution in [-0.4, -0.2) is 43.6 Å². The molecule has 1 aliphatic rings. The maximum atomic E-state index is 12.0. The largest absolute Gasteiger partial charge is 0.503 e. The number of esters is 1. The van der Waals surface area contributed by atoms with Gasteiger partial charge in [0.05, 0.1) is 36.3 Å². The van der Waals surface area contributed by atoms with Crippen LogP contribution in [0.1, 0.15) is 45.5 Å². The summed E-state index contributed by atoms with van der Waals surface area (Å²) in [6, 6.07) is 3.42. The molecule has 25 heavy (non-hydrogen) atoms. The Morgan fingerprint density at radius 3 is 2.28 bits per heavy atom. The Balaban J connectivity index is 2.45. The lowest BCUT2D eigenvalue weighted by Crippen LogP contribution is -2.41. The van der Waals surface area contributed by atoms with Gasteiger partial charge in [-0.1, -0.05) is 6.07 Å². The van der Waals surface area contributed by atoms with E-state index in [-0.39, 0.29) is 18.1 Å². The Morgan fingerprint density at radius 2 is 1.80 bits per heavy atom. The summed E-state index contributed by atoms with van der Waals surface area (Å²) in [6.45, 7) is 7.79. The number of halogens is 1. The number of aromatic hydroxyl groups is 1. The van der Waals surface area contributed by atoms with E-state index in [1.807, 2.05) is 27.7 Å². The molecule has 1 aliphatic heterocycles.